The molecule has 0 saturated heterocycles. The second-order valence-corrected chi connectivity index (χ2v) is 7.28. The highest BCUT2D eigenvalue weighted by Gasteiger charge is 2.73. The van der Waals surface area contributed by atoms with E-state index in [2.05, 4.69) is 0 Å². The first-order valence-corrected chi connectivity index (χ1v) is 9.29. The lowest BCUT2D eigenvalue weighted by Gasteiger charge is -2.40. The van der Waals surface area contributed by atoms with Crippen molar-refractivity contribution in [2.75, 3.05) is 14.2 Å². The first-order valence-electron chi connectivity index (χ1n) is 9.29. The summed E-state index contributed by atoms with van der Waals surface area (Å²) in [5.41, 5.74) is -0.858. The Morgan fingerprint density at radius 3 is 2.17 bits per heavy atom. The molecule has 2 aliphatic carbocycles. The highest BCUT2D eigenvalue weighted by atomic mass is 16.6. The zero-order chi connectivity index (χ0) is 21.6. The molecule has 4 atom stereocenters. The second-order valence-electron chi connectivity index (χ2n) is 7.28. The van der Waals surface area contributed by atoms with Crippen LogP contribution in [-0.4, -0.2) is 36.2 Å². The van der Waals surface area contributed by atoms with Gasteiger partial charge in [0.05, 0.1) is 31.6 Å². The normalized spacial score (nSPS) is 26.7. The van der Waals surface area contributed by atoms with Gasteiger partial charge in [-0.15, -0.1) is 0 Å². The summed E-state index contributed by atoms with van der Waals surface area (Å²) in [5, 5.41) is 23.8. The lowest BCUT2D eigenvalue weighted by molar-refractivity contribution is -0.588. The molecule has 0 fully saturated rings. The number of benzene rings is 2. The van der Waals surface area contributed by atoms with Crippen LogP contribution in [0.15, 0.2) is 65.9 Å². The number of aliphatic hydroxyl groups is 1. The summed E-state index contributed by atoms with van der Waals surface area (Å²) in [6.45, 7) is 0. The molecule has 4 rings (SSSR count). The molecule has 0 aliphatic heterocycles. The molecule has 0 amide bonds. The van der Waals surface area contributed by atoms with Gasteiger partial charge >= 0.3 is 11.9 Å². The van der Waals surface area contributed by atoms with Crippen LogP contribution >= 0.6 is 0 Å². The van der Waals surface area contributed by atoms with Crippen LogP contribution in [0.1, 0.15) is 28.5 Å². The van der Waals surface area contributed by atoms with Gasteiger partial charge in [0.25, 0.3) is 5.54 Å². The quantitative estimate of drug-likeness (QED) is 0.469. The van der Waals surface area contributed by atoms with Gasteiger partial charge in [-0.2, -0.15) is 0 Å². The molecule has 8 nitrogen and oxygen atoms in total. The van der Waals surface area contributed by atoms with Gasteiger partial charge in [-0.1, -0.05) is 54.6 Å². The average Bonchev–Trinajstić information content (AvgIpc) is 3.00. The fourth-order valence-corrected chi connectivity index (χ4v) is 5.08. The fraction of sp³-hybridized carbons (Fsp3) is 0.273. The number of fused-ring (bicyclic) bond motifs is 5. The van der Waals surface area contributed by atoms with Crippen LogP contribution in [0, 0.1) is 16.0 Å². The molecule has 154 valence electrons. The summed E-state index contributed by atoms with van der Waals surface area (Å²) in [6.07, 6.45) is 0. The third-order valence-corrected chi connectivity index (χ3v) is 6.15. The van der Waals surface area contributed by atoms with E-state index in [1.807, 2.05) is 0 Å². The number of carbonyl (C=O) groups is 2. The average molecular weight is 409 g/mol. The maximum Gasteiger partial charge on any atom is 0.338 e. The Labute approximate surface area is 171 Å². The van der Waals surface area contributed by atoms with Crippen LogP contribution in [0.3, 0.4) is 0 Å². The van der Waals surface area contributed by atoms with Crippen LogP contribution in [-0.2, 0) is 24.6 Å². The second kappa shape index (κ2) is 6.98. The number of rotatable bonds is 4. The van der Waals surface area contributed by atoms with Crippen LogP contribution < -0.4 is 0 Å². The molecule has 1 N–H and O–H groups in total. The van der Waals surface area contributed by atoms with Crippen LogP contribution in [0.25, 0.3) is 0 Å². The molecule has 8 heteroatoms. The summed E-state index contributed by atoms with van der Waals surface area (Å²) in [5.74, 6) is -5.98. The topological polar surface area (TPSA) is 116 Å². The van der Waals surface area contributed by atoms with Crippen LogP contribution in [0.4, 0.5) is 0 Å². The molecule has 2 aliphatic rings. The third kappa shape index (κ3) is 2.33. The molecule has 0 unspecified atom stereocenters. The summed E-state index contributed by atoms with van der Waals surface area (Å²) in [6, 6.07) is 15.0. The molecule has 0 heterocycles. The Balaban J connectivity index is 2.17. The molecule has 0 saturated carbocycles. The van der Waals surface area contributed by atoms with Gasteiger partial charge in [-0.3, -0.25) is 14.9 Å². The first-order chi connectivity index (χ1) is 14.4. The highest BCUT2D eigenvalue weighted by molar-refractivity contribution is 5.95. The van der Waals surface area contributed by atoms with E-state index in [1.54, 1.807) is 54.6 Å². The van der Waals surface area contributed by atoms with Crippen molar-refractivity contribution >= 4 is 11.9 Å². The number of nitro groups is 1. The van der Waals surface area contributed by atoms with E-state index in [0.717, 1.165) is 14.2 Å². The summed E-state index contributed by atoms with van der Waals surface area (Å²) >= 11 is 0. The van der Waals surface area contributed by atoms with Crippen molar-refractivity contribution in [3.63, 3.8) is 0 Å². The van der Waals surface area contributed by atoms with Gasteiger partial charge in [0.2, 0.25) is 0 Å². The van der Waals surface area contributed by atoms with Crippen molar-refractivity contribution in [3.8, 4) is 0 Å². The van der Waals surface area contributed by atoms with E-state index in [9.17, 15) is 24.8 Å². The molecular formula is C22H19NO7. The summed E-state index contributed by atoms with van der Waals surface area (Å²) < 4.78 is 9.75. The largest absolute Gasteiger partial charge is 0.511 e. The van der Waals surface area contributed by atoms with E-state index in [0.29, 0.717) is 16.7 Å². The number of aliphatic hydroxyl groups excluding tert-OH is 1. The van der Waals surface area contributed by atoms with E-state index in [-0.39, 0.29) is 5.57 Å². The Hall–Kier alpha value is -3.68. The van der Waals surface area contributed by atoms with Crippen molar-refractivity contribution < 1.29 is 29.1 Å². The number of methoxy groups -OCH3 is 2. The standard InChI is InChI=1S/C22H19NO7/c1-29-20(25)15-17-13-10-6-7-11-14(13)18(16(19(15)24)21(26)30-2)22(17,23(27)28)12-8-4-3-5-9-12/h3-11,15,17-18,24H,1-2H3/t15-,17-,18-,22-/m1/s1. The highest BCUT2D eigenvalue weighted by Crippen LogP contribution is 2.66. The van der Waals surface area contributed by atoms with Crippen LogP contribution in [0.5, 0.6) is 0 Å². The van der Waals surface area contributed by atoms with Gasteiger partial charge in [0.1, 0.15) is 11.7 Å². The Morgan fingerprint density at radius 2 is 1.60 bits per heavy atom. The number of hydrogen-bond donors (Lipinski definition) is 1. The predicted molar refractivity (Wildman–Crippen MR) is 104 cm³/mol. The van der Waals surface area contributed by atoms with E-state index in [4.69, 9.17) is 9.47 Å². The minimum Gasteiger partial charge on any atom is -0.511 e. The maximum absolute atomic E-state index is 12.8. The SMILES string of the molecule is COC(=O)C1=C(O)[C@H](C(=O)OC)[C@H]2c3ccccc3[C@H]1[C@]2(c1ccccc1)[N+](=O)[O-]. The first kappa shape index (κ1) is 19.6. The molecule has 0 radical (unpaired) electrons. The molecule has 2 aromatic rings. The Morgan fingerprint density at radius 1 is 1.00 bits per heavy atom. The minimum atomic E-state index is -1.90. The van der Waals surface area contributed by atoms with Crippen molar-refractivity contribution in [3.05, 3.63) is 92.7 Å². The lowest BCUT2D eigenvalue weighted by Crippen LogP contribution is -2.51. The minimum absolute atomic E-state index is 0.297. The number of esters is 2. The molecule has 2 bridgehead atoms. The Bertz CT molecular complexity index is 1080. The lowest BCUT2D eigenvalue weighted by atomic mass is 9.62. The van der Waals surface area contributed by atoms with Crippen molar-refractivity contribution in [2.45, 2.75) is 17.4 Å². The molecule has 2 aromatic carbocycles. The van der Waals surface area contributed by atoms with Gasteiger partial charge in [-0.25, -0.2) is 4.79 Å². The van der Waals surface area contributed by atoms with Crippen molar-refractivity contribution in [1.29, 1.82) is 0 Å². The number of ether oxygens (including phenoxy) is 2. The fourth-order valence-electron chi connectivity index (χ4n) is 5.08. The summed E-state index contributed by atoms with van der Waals surface area (Å²) in [4.78, 5) is 37.9. The van der Waals surface area contributed by atoms with E-state index >= 15 is 0 Å². The Kier molecular flexibility index (Phi) is 4.57. The molecule has 0 aromatic heterocycles. The van der Waals surface area contributed by atoms with Crippen LogP contribution in [0.2, 0.25) is 0 Å². The molecular weight excluding hydrogens is 390 g/mol. The third-order valence-electron chi connectivity index (χ3n) is 6.15. The summed E-state index contributed by atoms with van der Waals surface area (Å²) in [7, 11) is 2.26. The molecule has 30 heavy (non-hydrogen) atoms. The number of nitrogens with zero attached hydrogens (tertiary/aromatic N) is 1. The van der Waals surface area contributed by atoms with Gasteiger partial charge in [0, 0.05) is 10.5 Å². The van der Waals surface area contributed by atoms with E-state index < -0.39 is 45.9 Å². The number of hydrogen-bond acceptors (Lipinski definition) is 7. The van der Waals surface area contributed by atoms with Gasteiger partial charge in [0.15, 0.2) is 0 Å². The zero-order valence-electron chi connectivity index (χ0n) is 16.3. The predicted octanol–water partition coefficient (Wildman–Crippen LogP) is 2.83. The smallest absolute Gasteiger partial charge is 0.338 e. The van der Waals surface area contributed by atoms with Crippen molar-refractivity contribution in [2.24, 2.45) is 5.92 Å². The monoisotopic (exact) mass is 409 g/mol. The maximum atomic E-state index is 12.8. The van der Waals surface area contributed by atoms with E-state index in [1.165, 1.54) is 0 Å². The molecule has 0 spiro atoms. The zero-order valence-corrected chi connectivity index (χ0v) is 16.3. The van der Waals surface area contributed by atoms with Gasteiger partial charge < -0.3 is 14.6 Å². The number of carbonyl (C=O) groups excluding carboxylic acids is 2. The van der Waals surface area contributed by atoms with Crippen molar-refractivity contribution in [1.82, 2.24) is 0 Å². The van der Waals surface area contributed by atoms with Gasteiger partial charge in [-0.05, 0) is 11.1 Å².